The van der Waals surface area contributed by atoms with Crippen LogP contribution in [0.2, 0.25) is 0 Å². The zero-order valence-corrected chi connectivity index (χ0v) is 16.1. The van der Waals surface area contributed by atoms with E-state index in [0.717, 1.165) is 60.8 Å². The Labute approximate surface area is 160 Å². The molecular formula is C21H28N4O2. The molecule has 1 aromatic carbocycles. The van der Waals surface area contributed by atoms with E-state index >= 15 is 0 Å². The number of aromatic nitrogens is 2. The molecule has 27 heavy (non-hydrogen) atoms. The van der Waals surface area contributed by atoms with E-state index in [1.54, 1.807) is 7.11 Å². The molecule has 0 radical (unpaired) electrons. The van der Waals surface area contributed by atoms with Gasteiger partial charge in [0, 0.05) is 37.5 Å². The van der Waals surface area contributed by atoms with E-state index in [1.807, 2.05) is 18.2 Å². The molecule has 0 unspecified atom stereocenters. The molecule has 2 aromatic rings. The molecular weight excluding hydrogens is 340 g/mol. The number of fused-ring (bicyclic) bond motifs is 1. The fourth-order valence-electron chi connectivity index (χ4n) is 4.27. The van der Waals surface area contributed by atoms with Crippen molar-refractivity contribution < 1.29 is 9.53 Å². The van der Waals surface area contributed by atoms with Gasteiger partial charge in [0.15, 0.2) is 0 Å². The van der Waals surface area contributed by atoms with Gasteiger partial charge in [-0.2, -0.15) is 0 Å². The molecule has 2 fully saturated rings. The second kappa shape index (κ2) is 8.21. The number of carbonyl (C=O) groups is 1. The Morgan fingerprint density at radius 3 is 2.59 bits per heavy atom. The molecule has 1 saturated carbocycles. The van der Waals surface area contributed by atoms with Gasteiger partial charge in [-0.05, 0) is 31.0 Å². The van der Waals surface area contributed by atoms with E-state index in [9.17, 15) is 4.79 Å². The fraction of sp³-hybridized carbons (Fsp3) is 0.571. The first-order valence-corrected chi connectivity index (χ1v) is 10.0. The summed E-state index contributed by atoms with van der Waals surface area (Å²) in [7, 11) is 1.69. The highest BCUT2D eigenvalue weighted by Gasteiger charge is 2.24. The molecule has 2 heterocycles. The van der Waals surface area contributed by atoms with Crippen molar-refractivity contribution in [2.75, 3.05) is 44.7 Å². The third-order valence-corrected chi connectivity index (χ3v) is 5.87. The van der Waals surface area contributed by atoms with Gasteiger partial charge in [-0.25, -0.2) is 9.97 Å². The van der Waals surface area contributed by atoms with Gasteiger partial charge in [0.1, 0.15) is 23.7 Å². The summed E-state index contributed by atoms with van der Waals surface area (Å²) < 4.78 is 5.44. The van der Waals surface area contributed by atoms with Crippen LogP contribution in [0, 0.1) is 0 Å². The molecule has 1 aromatic heterocycles. The van der Waals surface area contributed by atoms with E-state index in [-0.39, 0.29) is 0 Å². The van der Waals surface area contributed by atoms with Crippen molar-refractivity contribution in [2.45, 2.75) is 38.0 Å². The van der Waals surface area contributed by atoms with Gasteiger partial charge >= 0.3 is 0 Å². The number of hydrogen-bond acceptors (Lipinski definition) is 6. The Hall–Kier alpha value is -2.21. The second-order valence-corrected chi connectivity index (χ2v) is 7.58. The molecule has 0 amide bonds. The SMILES string of the molecule is COc1ccc2nc(C3CCCCC3)nc(N3CCN(CC=O)CC3)c2c1. The molecule has 4 rings (SSSR count). The number of piperazine rings is 1. The fourth-order valence-corrected chi connectivity index (χ4v) is 4.27. The Kier molecular flexibility index (Phi) is 5.53. The van der Waals surface area contributed by atoms with E-state index in [2.05, 4.69) is 9.80 Å². The first kappa shape index (κ1) is 18.2. The van der Waals surface area contributed by atoms with Crippen LogP contribution in [-0.2, 0) is 4.79 Å². The van der Waals surface area contributed by atoms with Crippen molar-refractivity contribution in [1.29, 1.82) is 0 Å². The average Bonchev–Trinajstić information content (AvgIpc) is 2.74. The number of carbonyl (C=O) groups excluding carboxylic acids is 1. The molecule has 1 aliphatic heterocycles. The minimum atomic E-state index is 0.473. The molecule has 0 bridgehead atoms. The number of hydrogen-bond donors (Lipinski definition) is 0. The van der Waals surface area contributed by atoms with Crippen LogP contribution >= 0.6 is 0 Å². The van der Waals surface area contributed by atoms with E-state index in [1.165, 1.54) is 32.1 Å². The summed E-state index contributed by atoms with van der Waals surface area (Å²) in [4.78, 5) is 25.3. The van der Waals surface area contributed by atoms with Crippen LogP contribution in [0.25, 0.3) is 10.9 Å². The predicted octanol–water partition coefficient (Wildman–Crippen LogP) is 3.01. The zero-order valence-electron chi connectivity index (χ0n) is 16.1. The lowest BCUT2D eigenvalue weighted by atomic mass is 9.88. The number of methoxy groups -OCH3 is 1. The Morgan fingerprint density at radius 1 is 1.11 bits per heavy atom. The second-order valence-electron chi connectivity index (χ2n) is 7.58. The van der Waals surface area contributed by atoms with Crippen LogP contribution < -0.4 is 9.64 Å². The van der Waals surface area contributed by atoms with Crippen LogP contribution in [0.3, 0.4) is 0 Å². The van der Waals surface area contributed by atoms with Crippen molar-refractivity contribution in [1.82, 2.24) is 14.9 Å². The number of nitrogens with zero attached hydrogens (tertiary/aromatic N) is 4. The summed E-state index contributed by atoms with van der Waals surface area (Å²) >= 11 is 0. The van der Waals surface area contributed by atoms with Crippen LogP contribution in [0.4, 0.5) is 5.82 Å². The van der Waals surface area contributed by atoms with Gasteiger partial charge in [0.2, 0.25) is 0 Å². The van der Waals surface area contributed by atoms with Gasteiger partial charge in [-0.1, -0.05) is 19.3 Å². The normalized spacial score (nSPS) is 19.4. The maximum atomic E-state index is 10.8. The monoisotopic (exact) mass is 368 g/mol. The van der Waals surface area contributed by atoms with Crippen LogP contribution in [0.1, 0.15) is 43.8 Å². The molecule has 6 nitrogen and oxygen atoms in total. The van der Waals surface area contributed by atoms with Crippen molar-refractivity contribution in [2.24, 2.45) is 0 Å². The highest BCUT2D eigenvalue weighted by Crippen LogP contribution is 2.35. The van der Waals surface area contributed by atoms with Gasteiger partial charge in [0.05, 0.1) is 19.2 Å². The van der Waals surface area contributed by atoms with E-state index in [0.29, 0.717) is 12.5 Å². The standard InChI is InChI=1S/C21H28N4O2/c1-27-17-7-8-19-18(15-17)21(25-11-9-24(10-12-25)13-14-26)23-20(22-19)16-5-3-2-4-6-16/h7-8,14-16H,2-6,9-13H2,1H3. The maximum Gasteiger partial charge on any atom is 0.140 e. The number of rotatable bonds is 5. The minimum absolute atomic E-state index is 0.473. The molecule has 2 aliphatic rings. The summed E-state index contributed by atoms with van der Waals surface area (Å²) in [5.41, 5.74) is 0.997. The lowest BCUT2D eigenvalue weighted by molar-refractivity contribution is -0.108. The summed E-state index contributed by atoms with van der Waals surface area (Å²) in [6.07, 6.45) is 7.24. The third kappa shape index (κ3) is 3.90. The summed E-state index contributed by atoms with van der Waals surface area (Å²) in [6.45, 7) is 4.03. The van der Waals surface area contributed by atoms with Crippen LogP contribution in [0.15, 0.2) is 18.2 Å². The summed E-state index contributed by atoms with van der Waals surface area (Å²) in [5.74, 6) is 3.32. The Bertz CT molecular complexity index is 796. The van der Waals surface area contributed by atoms with Crippen molar-refractivity contribution in [3.8, 4) is 5.75 Å². The molecule has 6 heteroatoms. The lowest BCUT2D eigenvalue weighted by Crippen LogP contribution is -2.47. The predicted molar refractivity (Wildman–Crippen MR) is 107 cm³/mol. The molecule has 0 N–H and O–H groups in total. The lowest BCUT2D eigenvalue weighted by Gasteiger charge is -2.35. The van der Waals surface area contributed by atoms with Crippen molar-refractivity contribution >= 4 is 23.0 Å². The first-order valence-electron chi connectivity index (χ1n) is 10.0. The quantitative estimate of drug-likeness (QED) is 0.756. The number of benzene rings is 1. The average molecular weight is 368 g/mol. The Morgan fingerprint density at radius 2 is 1.89 bits per heavy atom. The largest absolute Gasteiger partial charge is 0.497 e. The van der Waals surface area contributed by atoms with Crippen LogP contribution in [-0.4, -0.2) is 61.0 Å². The highest BCUT2D eigenvalue weighted by atomic mass is 16.5. The third-order valence-electron chi connectivity index (χ3n) is 5.87. The van der Waals surface area contributed by atoms with Crippen molar-refractivity contribution in [3.05, 3.63) is 24.0 Å². The number of anilines is 1. The van der Waals surface area contributed by atoms with Gasteiger partial charge in [-0.3, -0.25) is 4.90 Å². The maximum absolute atomic E-state index is 10.8. The van der Waals surface area contributed by atoms with E-state index in [4.69, 9.17) is 14.7 Å². The Balaban J connectivity index is 1.70. The topological polar surface area (TPSA) is 58.6 Å². The smallest absolute Gasteiger partial charge is 0.140 e. The van der Waals surface area contributed by atoms with Crippen molar-refractivity contribution in [3.63, 3.8) is 0 Å². The number of aldehydes is 1. The molecule has 0 atom stereocenters. The van der Waals surface area contributed by atoms with E-state index < -0.39 is 0 Å². The van der Waals surface area contributed by atoms with Gasteiger partial charge in [-0.15, -0.1) is 0 Å². The summed E-state index contributed by atoms with van der Waals surface area (Å²) in [6, 6.07) is 6.08. The van der Waals surface area contributed by atoms with Gasteiger partial charge in [0.25, 0.3) is 0 Å². The first-order chi connectivity index (χ1) is 13.3. The van der Waals surface area contributed by atoms with Crippen LogP contribution in [0.5, 0.6) is 5.75 Å². The molecule has 1 aliphatic carbocycles. The highest BCUT2D eigenvalue weighted by molar-refractivity contribution is 5.90. The molecule has 144 valence electrons. The van der Waals surface area contributed by atoms with Gasteiger partial charge < -0.3 is 14.4 Å². The summed E-state index contributed by atoms with van der Waals surface area (Å²) in [5, 5.41) is 1.05. The molecule has 0 spiro atoms. The number of ether oxygens (including phenoxy) is 1. The molecule has 1 saturated heterocycles. The zero-order chi connectivity index (χ0) is 18.6. The minimum Gasteiger partial charge on any atom is -0.497 e.